The van der Waals surface area contributed by atoms with E-state index in [0.29, 0.717) is 6.61 Å². The molecule has 0 amide bonds. The van der Waals surface area contributed by atoms with Crippen LogP contribution in [0.1, 0.15) is 6.42 Å². The van der Waals surface area contributed by atoms with Gasteiger partial charge < -0.3 is 19.0 Å². The Bertz CT molecular complexity index is 352. The van der Waals surface area contributed by atoms with Crippen LogP contribution in [0.3, 0.4) is 0 Å². The molecule has 1 aliphatic heterocycles. The number of methoxy groups -OCH3 is 1. The molecule has 0 saturated carbocycles. The molecule has 14 heavy (non-hydrogen) atoms. The van der Waals surface area contributed by atoms with Crippen LogP contribution >= 0.6 is 12.2 Å². The Hall–Kier alpha value is -0.650. The molecule has 1 saturated heterocycles. The normalized spacial score (nSPS) is 26.9. The van der Waals surface area contributed by atoms with Gasteiger partial charge in [0.1, 0.15) is 5.60 Å². The van der Waals surface area contributed by atoms with Gasteiger partial charge in [-0.15, -0.1) is 0 Å². The fraction of sp³-hybridized carbons (Fsp3) is 0.667. The Morgan fingerprint density at radius 2 is 2.64 bits per heavy atom. The quantitative estimate of drug-likeness (QED) is 0.772. The summed E-state index contributed by atoms with van der Waals surface area (Å²) in [6.07, 6.45) is 4.69. The van der Waals surface area contributed by atoms with Gasteiger partial charge in [-0.05, 0) is 12.2 Å². The smallest absolute Gasteiger partial charge is 0.177 e. The number of nitrogens with one attached hydrogen (secondary N) is 1. The van der Waals surface area contributed by atoms with Crippen LogP contribution in [0.4, 0.5) is 0 Å². The third kappa shape index (κ3) is 1.75. The van der Waals surface area contributed by atoms with E-state index < -0.39 is 0 Å². The molecule has 1 aliphatic rings. The fourth-order valence-electron chi connectivity index (χ4n) is 1.72. The van der Waals surface area contributed by atoms with Crippen LogP contribution in [0.5, 0.6) is 0 Å². The van der Waals surface area contributed by atoms with Crippen molar-refractivity contribution in [2.75, 3.05) is 20.3 Å². The van der Waals surface area contributed by atoms with Crippen LogP contribution in [0.2, 0.25) is 0 Å². The maximum Gasteiger partial charge on any atom is 0.177 e. The summed E-state index contributed by atoms with van der Waals surface area (Å²) in [5.41, 5.74) is -0.194. The van der Waals surface area contributed by atoms with Gasteiger partial charge in [0.15, 0.2) is 4.77 Å². The molecule has 1 fully saturated rings. The first kappa shape index (κ1) is 9.89. The van der Waals surface area contributed by atoms with Gasteiger partial charge in [-0.3, -0.25) is 0 Å². The number of rotatable bonds is 3. The molecule has 5 heteroatoms. The van der Waals surface area contributed by atoms with Gasteiger partial charge in [-0.1, -0.05) is 0 Å². The monoisotopic (exact) mass is 214 g/mol. The lowest BCUT2D eigenvalue weighted by Crippen LogP contribution is -2.36. The Kier molecular flexibility index (Phi) is 2.71. The molecule has 1 atom stereocenters. The Balaban J connectivity index is 2.16. The highest BCUT2D eigenvalue weighted by Crippen LogP contribution is 2.24. The third-order valence-corrected chi connectivity index (χ3v) is 3.03. The molecular weight excluding hydrogens is 200 g/mol. The van der Waals surface area contributed by atoms with E-state index in [1.807, 2.05) is 17.0 Å². The molecule has 4 nitrogen and oxygen atoms in total. The molecule has 0 radical (unpaired) electrons. The average Bonchev–Trinajstić information content (AvgIpc) is 2.79. The number of ether oxygens (including phenoxy) is 2. The summed E-state index contributed by atoms with van der Waals surface area (Å²) in [6.45, 7) is 2.17. The Labute approximate surface area is 87.8 Å². The molecule has 78 valence electrons. The average molecular weight is 214 g/mol. The van der Waals surface area contributed by atoms with Gasteiger partial charge in [-0.25, -0.2) is 0 Å². The zero-order valence-corrected chi connectivity index (χ0v) is 8.97. The lowest BCUT2D eigenvalue weighted by Gasteiger charge is -2.25. The second-order valence-electron chi connectivity index (χ2n) is 3.58. The van der Waals surface area contributed by atoms with Crippen molar-refractivity contribution in [2.24, 2.45) is 0 Å². The molecule has 1 N–H and O–H groups in total. The third-order valence-electron chi connectivity index (χ3n) is 2.68. The molecule has 2 rings (SSSR count). The molecule has 0 aliphatic carbocycles. The minimum Gasteiger partial charge on any atom is -0.378 e. The molecule has 1 aromatic heterocycles. The van der Waals surface area contributed by atoms with Crippen LogP contribution in [0.15, 0.2) is 12.4 Å². The van der Waals surface area contributed by atoms with Crippen LogP contribution in [-0.4, -0.2) is 35.5 Å². The highest BCUT2D eigenvalue weighted by atomic mass is 32.1. The van der Waals surface area contributed by atoms with Crippen molar-refractivity contribution in [3.8, 4) is 0 Å². The van der Waals surface area contributed by atoms with Crippen molar-refractivity contribution in [3.05, 3.63) is 17.2 Å². The Morgan fingerprint density at radius 3 is 3.14 bits per heavy atom. The highest BCUT2D eigenvalue weighted by molar-refractivity contribution is 7.71. The molecular formula is C9H14N2O2S. The molecule has 0 aromatic carbocycles. The number of hydrogen-bond acceptors (Lipinski definition) is 3. The minimum atomic E-state index is -0.194. The van der Waals surface area contributed by atoms with Crippen molar-refractivity contribution in [1.29, 1.82) is 0 Å². The van der Waals surface area contributed by atoms with E-state index in [9.17, 15) is 0 Å². The molecule has 1 aromatic rings. The first-order valence-electron chi connectivity index (χ1n) is 4.62. The predicted molar refractivity (Wildman–Crippen MR) is 54.8 cm³/mol. The number of hydrogen-bond donors (Lipinski definition) is 1. The lowest BCUT2D eigenvalue weighted by molar-refractivity contribution is -0.0297. The van der Waals surface area contributed by atoms with E-state index in [4.69, 9.17) is 21.7 Å². The summed E-state index contributed by atoms with van der Waals surface area (Å²) in [5.74, 6) is 0. The van der Waals surface area contributed by atoms with Gasteiger partial charge in [0.05, 0.1) is 13.2 Å². The second-order valence-corrected chi connectivity index (χ2v) is 3.97. The van der Waals surface area contributed by atoms with Crippen LogP contribution in [0, 0.1) is 4.77 Å². The molecule has 1 unspecified atom stereocenters. The van der Waals surface area contributed by atoms with Crippen LogP contribution in [0.25, 0.3) is 0 Å². The number of H-pyrrole nitrogens is 1. The summed E-state index contributed by atoms with van der Waals surface area (Å²) < 4.78 is 13.6. The standard InChI is InChI=1S/C9H14N2O2S/c1-12-9(2-5-13-7-9)6-11-4-3-10-8(11)14/h3-4H,2,5-7H2,1H3,(H,10,14). The summed E-state index contributed by atoms with van der Waals surface area (Å²) in [6, 6.07) is 0. The van der Waals surface area contributed by atoms with Crippen molar-refractivity contribution < 1.29 is 9.47 Å². The topological polar surface area (TPSA) is 39.2 Å². The maximum absolute atomic E-state index is 5.52. The zero-order chi connectivity index (χ0) is 10.0. The summed E-state index contributed by atoms with van der Waals surface area (Å²) >= 11 is 5.13. The fourth-order valence-corrected chi connectivity index (χ4v) is 1.92. The number of imidazole rings is 1. The highest BCUT2D eigenvalue weighted by Gasteiger charge is 2.35. The van der Waals surface area contributed by atoms with Crippen molar-refractivity contribution in [1.82, 2.24) is 9.55 Å². The summed E-state index contributed by atoms with van der Waals surface area (Å²) in [7, 11) is 1.73. The first-order valence-corrected chi connectivity index (χ1v) is 5.03. The predicted octanol–water partition coefficient (Wildman–Crippen LogP) is 1.35. The number of aromatic nitrogens is 2. The van der Waals surface area contributed by atoms with Gasteiger partial charge in [-0.2, -0.15) is 0 Å². The van der Waals surface area contributed by atoms with Crippen molar-refractivity contribution in [2.45, 2.75) is 18.6 Å². The minimum absolute atomic E-state index is 0.194. The molecule has 0 spiro atoms. The second kappa shape index (κ2) is 3.84. The zero-order valence-electron chi connectivity index (χ0n) is 8.16. The summed E-state index contributed by atoms with van der Waals surface area (Å²) in [4.78, 5) is 2.97. The van der Waals surface area contributed by atoms with Gasteiger partial charge >= 0.3 is 0 Å². The van der Waals surface area contributed by atoms with E-state index in [1.54, 1.807) is 7.11 Å². The van der Waals surface area contributed by atoms with E-state index in [0.717, 1.165) is 24.3 Å². The SMILES string of the molecule is COC1(Cn2cc[nH]c2=S)CCOC1. The molecule has 0 bridgehead atoms. The Morgan fingerprint density at radius 1 is 1.79 bits per heavy atom. The van der Waals surface area contributed by atoms with Gasteiger partial charge in [0.25, 0.3) is 0 Å². The van der Waals surface area contributed by atoms with Crippen LogP contribution < -0.4 is 0 Å². The lowest BCUT2D eigenvalue weighted by atomic mass is 10.0. The first-order chi connectivity index (χ1) is 6.76. The summed E-state index contributed by atoms with van der Waals surface area (Å²) in [5, 5.41) is 0. The van der Waals surface area contributed by atoms with Crippen molar-refractivity contribution >= 4 is 12.2 Å². The van der Waals surface area contributed by atoms with E-state index in [-0.39, 0.29) is 5.60 Å². The van der Waals surface area contributed by atoms with Gasteiger partial charge in [0.2, 0.25) is 0 Å². The number of nitrogens with zero attached hydrogens (tertiary/aromatic N) is 1. The van der Waals surface area contributed by atoms with Crippen LogP contribution in [-0.2, 0) is 16.0 Å². The van der Waals surface area contributed by atoms with Crippen molar-refractivity contribution in [3.63, 3.8) is 0 Å². The largest absolute Gasteiger partial charge is 0.378 e. The molecule has 2 heterocycles. The van der Waals surface area contributed by atoms with E-state index in [1.165, 1.54) is 0 Å². The number of aromatic amines is 1. The van der Waals surface area contributed by atoms with E-state index >= 15 is 0 Å². The van der Waals surface area contributed by atoms with E-state index in [2.05, 4.69) is 4.98 Å². The van der Waals surface area contributed by atoms with Gasteiger partial charge in [0, 0.05) is 32.5 Å². The maximum atomic E-state index is 5.52.